The zero-order valence-electron chi connectivity index (χ0n) is 13.7. The molecule has 1 aliphatic rings. The number of aromatic nitrogens is 3. The number of rotatable bonds is 5. The van der Waals surface area contributed by atoms with E-state index in [1.54, 1.807) is 12.4 Å². The highest BCUT2D eigenvalue weighted by atomic mass is 16.2. The highest BCUT2D eigenvalue weighted by molar-refractivity contribution is 5.92. The number of hydrogen-bond donors (Lipinski definition) is 1. The summed E-state index contributed by atoms with van der Waals surface area (Å²) in [6.07, 6.45) is 5.60. The van der Waals surface area contributed by atoms with Gasteiger partial charge in [-0.05, 0) is 51.4 Å². The van der Waals surface area contributed by atoms with Crippen molar-refractivity contribution in [2.24, 2.45) is 0 Å². The lowest BCUT2D eigenvalue weighted by molar-refractivity contribution is -0.117. The zero-order valence-corrected chi connectivity index (χ0v) is 13.7. The molecule has 2 aromatic heterocycles. The third kappa shape index (κ3) is 3.96. The summed E-state index contributed by atoms with van der Waals surface area (Å²) in [7, 11) is 0. The molecule has 6 heteroatoms. The van der Waals surface area contributed by atoms with Crippen LogP contribution in [0.15, 0.2) is 30.6 Å². The largest absolute Gasteiger partial charge is 0.324 e. The summed E-state index contributed by atoms with van der Waals surface area (Å²) in [6, 6.07) is 6.13. The zero-order chi connectivity index (χ0) is 16.2. The molecule has 1 saturated heterocycles. The van der Waals surface area contributed by atoms with Gasteiger partial charge in [0.25, 0.3) is 0 Å². The molecule has 0 spiro atoms. The molecular formula is C17H23N5O. The molecule has 1 atom stereocenters. The Hall–Kier alpha value is -2.21. The number of hydrogen-bond acceptors (Lipinski definition) is 4. The molecule has 0 radical (unpaired) electrons. The average Bonchev–Trinajstić information content (AvgIpc) is 3.07. The molecule has 3 heterocycles. The second kappa shape index (κ2) is 6.91. The maximum absolute atomic E-state index is 12.2. The molecule has 2 aromatic rings. The van der Waals surface area contributed by atoms with Crippen LogP contribution in [0.4, 0.5) is 5.69 Å². The van der Waals surface area contributed by atoms with Gasteiger partial charge in [0, 0.05) is 17.9 Å². The van der Waals surface area contributed by atoms with Gasteiger partial charge in [-0.25, -0.2) is 0 Å². The minimum absolute atomic E-state index is 0.0123. The van der Waals surface area contributed by atoms with E-state index in [-0.39, 0.29) is 5.91 Å². The summed E-state index contributed by atoms with van der Waals surface area (Å²) in [5, 5.41) is 7.44. The van der Waals surface area contributed by atoms with Crippen molar-refractivity contribution in [2.75, 3.05) is 18.4 Å². The summed E-state index contributed by atoms with van der Waals surface area (Å²) in [5.41, 5.74) is 2.96. The Kier molecular flexibility index (Phi) is 4.71. The molecule has 0 saturated carbocycles. The second-order valence-electron chi connectivity index (χ2n) is 6.17. The van der Waals surface area contributed by atoms with Crippen LogP contribution < -0.4 is 5.32 Å². The number of aryl methyl sites for hydroxylation is 2. The Balaban J connectivity index is 1.58. The lowest BCUT2D eigenvalue weighted by Crippen LogP contribution is -2.39. The molecule has 6 nitrogen and oxygen atoms in total. The highest BCUT2D eigenvalue weighted by Gasteiger charge is 2.27. The molecule has 1 unspecified atom stereocenters. The fourth-order valence-electron chi connectivity index (χ4n) is 3.19. The van der Waals surface area contributed by atoms with Gasteiger partial charge < -0.3 is 5.32 Å². The number of nitrogens with one attached hydrogen (secondary N) is 1. The Morgan fingerprint density at radius 1 is 1.43 bits per heavy atom. The van der Waals surface area contributed by atoms with Gasteiger partial charge in [-0.1, -0.05) is 0 Å². The lowest BCUT2D eigenvalue weighted by Gasteiger charge is -2.24. The van der Waals surface area contributed by atoms with E-state index in [1.165, 1.54) is 5.69 Å². The first kappa shape index (κ1) is 15.7. The fourth-order valence-corrected chi connectivity index (χ4v) is 3.19. The number of carbonyl (C=O) groups excluding carboxylic acids is 1. The van der Waals surface area contributed by atoms with E-state index in [1.807, 2.05) is 19.1 Å². The average molecular weight is 313 g/mol. The van der Waals surface area contributed by atoms with Gasteiger partial charge >= 0.3 is 0 Å². The third-order valence-electron chi connectivity index (χ3n) is 4.28. The normalized spacial score (nSPS) is 18.3. The van der Waals surface area contributed by atoms with Crippen molar-refractivity contribution >= 4 is 11.6 Å². The predicted molar refractivity (Wildman–Crippen MR) is 89.2 cm³/mol. The summed E-state index contributed by atoms with van der Waals surface area (Å²) < 4.78 is 2.05. The van der Waals surface area contributed by atoms with E-state index < -0.39 is 0 Å². The van der Waals surface area contributed by atoms with Gasteiger partial charge in [0.1, 0.15) is 0 Å². The van der Waals surface area contributed by atoms with Crippen molar-refractivity contribution in [1.29, 1.82) is 0 Å². The first-order chi connectivity index (χ1) is 11.1. The smallest absolute Gasteiger partial charge is 0.238 e. The van der Waals surface area contributed by atoms with Crippen LogP contribution in [-0.2, 0) is 11.3 Å². The lowest BCUT2D eigenvalue weighted by atomic mass is 10.2. The van der Waals surface area contributed by atoms with Crippen LogP contribution in [0.3, 0.4) is 0 Å². The Labute approximate surface area is 136 Å². The van der Waals surface area contributed by atoms with Crippen molar-refractivity contribution < 1.29 is 4.79 Å². The quantitative estimate of drug-likeness (QED) is 0.917. The van der Waals surface area contributed by atoms with Crippen LogP contribution in [0.5, 0.6) is 0 Å². The van der Waals surface area contributed by atoms with E-state index in [9.17, 15) is 4.79 Å². The molecule has 1 amide bonds. The molecule has 1 aliphatic heterocycles. The first-order valence-corrected chi connectivity index (χ1v) is 8.07. The van der Waals surface area contributed by atoms with E-state index >= 15 is 0 Å². The third-order valence-corrected chi connectivity index (χ3v) is 4.28. The molecule has 1 N–H and O–H groups in total. The Bertz CT molecular complexity index is 667. The maximum atomic E-state index is 12.2. The second-order valence-corrected chi connectivity index (χ2v) is 6.17. The van der Waals surface area contributed by atoms with Gasteiger partial charge in [0.05, 0.1) is 30.7 Å². The summed E-state index contributed by atoms with van der Waals surface area (Å²) in [6.45, 7) is 6.31. The summed E-state index contributed by atoms with van der Waals surface area (Å²) >= 11 is 0. The molecule has 3 rings (SSSR count). The SMILES string of the molecule is Cc1cc(C)n(CC2CCCN2CC(=O)Nc2cccnc2)n1. The Morgan fingerprint density at radius 3 is 3.00 bits per heavy atom. The van der Waals surface area contributed by atoms with E-state index in [0.29, 0.717) is 12.6 Å². The molecular weight excluding hydrogens is 290 g/mol. The predicted octanol–water partition coefficient (Wildman–Crippen LogP) is 2.00. The topological polar surface area (TPSA) is 63.1 Å². The molecule has 23 heavy (non-hydrogen) atoms. The number of amides is 1. The number of anilines is 1. The maximum Gasteiger partial charge on any atom is 0.238 e. The van der Waals surface area contributed by atoms with Crippen LogP contribution in [-0.4, -0.2) is 44.7 Å². The molecule has 122 valence electrons. The standard InChI is InChI=1S/C17H23N5O/c1-13-9-14(2)22(20-13)11-16-6-4-8-21(16)12-17(23)19-15-5-3-7-18-10-15/h3,5,7,9-10,16H,4,6,8,11-12H2,1-2H3,(H,19,23). The van der Waals surface area contributed by atoms with Crippen molar-refractivity contribution in [2.45, 2.75) is 39.3 Å². The van der Waals surface area contributed by atoms with E-state index in [4.69, 9.17) is 0 Å². The summed E-state index contributed by atoms with van der Waals surface area (Å²) in [5.74, 6) is 0.0123. The van der Waals surface area contributed by atoms with Crippen molar-refractivity contribution in [3.8, 4) is 0 Å². The van der Waals surface area contributed by atoms with Gasteiger partial charge in [-0.15, -0.1) is 0 Å². The fraction of sp³-hybridized carbons (Fsp3) is 0.471. The van der Waals surface area contributed by atoms with E-state index in [0.717, 1.165) is 37.3 Å². The van der Waals surface area contributed by atoms with Crippen LogP contribution in [0.2, 0.25) is 0 Å². The van der Waals surface area contributed by atoms with Gasteiger partial charge in [0.2, 0.25) is 5.91 Å². The summed E-state index contributed by atoms with van der Waals surface area (Å²) in [4.78, 5) is 18.5. The van der Waals surface area contributed by atoms with Gasteiger partial charge in [0.15, 0.2) is 0 Å². The number of carbonyl (C=O) groups is 1. The van der Waals surface area contributed by atoms with E-state index in [2.05, 4.69) is 38.0 Å². The molecule has 0 aliphatic carbocycles. The van der Waals surface area contributed by atoms with Crippen LogP contribution in [0, 0.1) is 13.8 Å². The molecule has 0 aromatic carbocycles. The van der Waals surface area contributed by atoms with Crippen molar-refractivity contribution in [1.82, 2.24) is 19.7 Å². The van der Waals surface area contributed by atoms with Crippen LogP contribution in [0.25, 0.3) is 0 Å². The van der Waals surface area contributed by atoms with Crippen LogP contribution >= 0.6 is 0 Å². The van der Waals surface area contributed by atoms with Crippen molar-refractivity contribution in [3.05, 3.63) is 42.0 Å². The number of likely N-dealkylation sites (tertiary alicyclic amines) is 1. The van der Waals surface area contributed by atoms with Crippen molar-refractivity contribution in [3.63, 3.8) is 0 Å². The first-order valence-electron chi connectivity index (χ1n) is 8.07. The minimum Gasteiger partial charge on any atom is -0.324 e. The monoisotopic (exact) mass is 313 g/mol. The molecule has 1 fully saturated rings. The minimum atomic E-state index is 0.0123. The number of pyridine rings is 1. The molecule has 0 bridgehead atoms. The number of nitrogens with zero attached hydrogens (tertiary/aromatic N) is 4. The highest BCUT2D eigenvalue weighted by Crippen LogP contribution is 2.19. The van der Waals surface area contributed by atoms with Gasteiger partial charge in [-0.2, -0.15) is 5.10 Å². The Morgan fingerprint density at radius 2 is 2.30 bits per heavy atom. The van der Waals surface area contributed by atoms with Gasteiger partial charge in [-0.3, -0.25) is 19.4 Å². The van der Waals surface area contributed by atoms with Crippen LogP contribution in [0.1, 0.15) is 24.2 Å².